The number of carbonyl (C=O) groups is 2. The highest BCUT2D eigenvalue weighted by Gasteiger charge is 2.35. The molecule has 2 unspecified atom stereocenters. The molecule has 0 aliphatic carbocycles. The molecule has 3 atom stereocenters. The van der Waals surface area contributed by atoms with Crippen molar-refractivity contribution < 1.29 is 19.4 Å². The molecule has 4 N–H and O–H groups in total. The minimum absolute atomic E-state index is 0.182. The van der Waals surface area contributed by atoms with E-state index in [1.165, 1.54) is 11.3 Å². The number of ether oxygens (including phenoxy) is 1. The number of nitrogens with one attached hydrogen (secondary N) is 1. The molecule has 0 bridgehead atoms. The van der Waals surface area contributed by atoms with E-state index >= 15 is 0 Å². The first kappa shape index (κ1) is 13.8. The number of esters is 1. The zero-order valence-electron chi connectivity index (χ0n) is 10.3. The molecule has 19 heavy (non-hydrogen) atoms. The predicted octanol–water partition coefficient (Wildman–Crippen LogP) is 0.0146. The molecule has 1 saturated heterocycles. The van der Waals surface area contributed by atoms with Crippen molar-refractivity contribution in [1.29, 1.82) is 0 Å². The molecule has 1 aromatic heterocycles. The van der Waals surface area contributed by atoms with E-state index in [0.717, 1.165) is 0 Å². The maximum atomic E-state index is 11.5. The molecule has 0 saturated carbocycles. The van der Waals surface area contributed by atoms with Gasteiger partial charge < -0.3 is 15.6 Å². The molecule has 0 aromatic carbocycles. The van der Waals surface area contributed by atoms with Crippen LogP contribution in [0.1, 0.15) is 19.0 Å². The molecule has 2 rings (SSSR count). The Morgan fingerprint density at radius 2 is 2.53 bits per heavy atom. The smallest absolute Gasteiger partial charge is 0.323 e. The Bertz CT molecular complexity index is 490. The number of carbonyl (C=O) groups excluding carboxylic acids is 1. The fourth-order valence-corrected chi connectivity index (χ4v) is 2.55. The zero-order valence-corrected chi connectivity index (χ0v) is 11.1. The summed E-state index contributed by atoms with van der Waals surface area (Å²) in [6, 6.07) is -1.46. The first-order valence-corrected chi connectivity index (χ1v) is 6.73. The Morgan fingerprint density at radius 3 is 3.00 bits per heavy atom. The largest absolute Gasteiger partial charge is 0.480 e. The van der Waals surface area contributed by atoms with Gasteiger partial charge in [0.15, 0.2) is 5.13 Å². The second-order valence-corrected chi connectivity index (χ2v) is 5.36. The van der Waals surface area contributed by atoms with Gasteiger partial charge in [-0.1, -0.05) is 0 Å². The van der Waals surface area contributed by atoms with Gasteiger partial charge in [0.1, 0.15) is 18.2 Å². The Morgan fingerprint density at radius 1 is 1.79 bits per heavy atom. The Kier molecular flexibility index (Phi) is 4.01. The summed E-state index contributed by atoms with van der Waals surface area (Å²) in [5.74, 6) is -1.43. The third kappa shape index (κ3) is 3.42. The lowest BCUT2D eigenvalue weighted by Crippen LogP contribution is -2.46. The number of nitrogens with two attached hydrogens (primary N) is 1. The maximum Gasteiger partial charge on any atom is 0.323 e. The normalized spacial score (nSPS) is 24.2. The average Bonchev–Trinajstić information content (AvgIpc) is 2.85. The van der Waals surface area contributed by atoms with E-state index in [9.17, 15) is 14.7 Å². The molecule has 0 radical (unpaired) electrons. The molecule has 1 aromatic rings. The highest BCUT2D eigenvalue weighted by atomic mass is 32.1. The van der Waals surface area contributed by atoms with Gasteiger partial charge in [0.05, 0.1) is 5.69 Å². The fraction of sp³-hybridized carbons (Fsp3) is 0.545. The van der Waals surface area contributed by atoms with Crippen molar-refractivity contribution in [2.24, 2.45) is 0 Å². The lowest BCUT2D eigenvalue weighted by molar-refractivity contribution is -0.143. The lowest BCUT2D eigenvalue weighted by Gasteiger charge is -2.16. The predicted molar refractivity (Wildman–Crippen MR) is 68.7 cm³/mol. The number of aromatic nitrogens is 1. The van der Waals surface area contributed by atoms with Gasteiger partial charge in [-0.2, -0.15) is 0 Å². The summed E-state index contributed by atoms with van der Waals surface area (Å²) in [6.07, 6.45) is 0.470. The molecular weight excluding hydrogens is 270 g/mol. The minimum Gasteiger partial charge on any atom is -0.480 e. The second-order valence-electron chi connectivity index (χ2n) is 4.47. The van der Waals surface area contributed by atoms with Crippen molar-refractivity contribution in [3.05, 3.63) is 11.1 Å². The number of anilines is 1. The van der Waals surface area contributed by atoms with E-state index in [1.807, 2.05) is 0 Å². The number of hydrogen-bond acceptors (Lipinski definition) is 7. The van der Waals surface area contributed by atoms with Gasteiger partial charge in [-0.05, 0) is 6.92 Å². The quantitative estimate of drug-likeness (QED) is 0.653. The Labute approximate surface area is 113 Å². The van der Waals surface area contributed by atoms with Crippen LogP contribution in [0.25, 0.3) is 0 Å². The van der Waals surface area contributed by atoms with Gasteiger partial charge >= 0.3 is 11.9 Å². The zero-order chi connectivity index (χ0) is 14.0. The minimum atomic E-state index is -1.03. The van der Waals surface area contributed by atoms with Gasteiger partial charge in [0.25, 0.3) is 0 Å². The SMILES string of the molecule is CC1CC(N[C@@H](Cc2csc(N)n2)C(=O)O)C(=O)O1. The number of cyclic esters (lactones) is 1. The van der Waals surface area contributed by atoms with Gasteiger partial charge in [0, 0.05) is 18.2 Å². The van der Waals surface area contributed by atoms with Crippen molar-refractivity contribution in [2.45, 2.75) is 38.0 Å². The molecule has 1 aliphatic rings. The van der Waals surface area contributed by atoms with Crippen LogP contribution in [0.4, 0.5) is 5.13 Å². The number of thiazole rings is 1. The monoisotopic (exact) mass is 285 g/mol. The van der Waals surface area contributed by atoms with Crippen molar-refractivity contribution in [3.8, 4) is 0 Å². The van der Waals surface area contributed by atoms with Crippen molar-refractivity contribution in [3.63, 3.8) is 0 Å². The standard InChI is InChI=1S/C11H15N3O4S/c1-5-2-8(10(17)18-5)14-7(9(15)16)3-6-4-19-11(12)13-6/h4-5,7-8,14H,2-3H2,1H3,(H2,12,13)(H,15,16)/t5?,7-,8?/m0/s1. The second kappa shape index (κ2) is 5.54. The summed E-state index contributed by atoms with van der Waals surface area (Å²) >= 11 is 1.26. The van der Waals surface area contributed by atoms with E-state index in [0.29, 0.717) is 17.2 Å². The van der Waals surface area contributed by atoms with Crippen LogP contribution in [0.5, 0.6) is 0 Å². The highest BCUT2D eigenvalue weighted by Crippen LogP contribution is 2.17. The van der Waals surface area contributed by atoms with Crippen molar-refractivity contribution >= 4 is 28.4 Å². The third-order valence-corrected chi connectivity index (χ3v) is 3.58. The molecule has 1 aliphatic heterocycles. The van der Waals surface area contributed by atoms with Crippen LogP contribution in [-0.4, -0.2) is 40.2 Å². The third-order valence-electron chi connectivity index (χ3n) is 2.85. The topological polar surface area (TPSA) is 115 Å². The molecule has 1 fully saturated rings. The number of rotatable bonds is 5. The van der Waals surface area contributed by atoms with Crippen LogP contribution in [0.3, 0.4) is 0 Å². The number of nitrogen functional groups attached to an aromatic ring is 1. The summed E-state index contributed by atoms with van der Waals surface area (Å²) in [5.41, 5.74) is 6.10. The van der Waals surface area contributed by atoms with Gasteiger partial charge in [0.2, 0.25) is 0 Å². The summed E-state index contributed by atoms with van der Waals surface area (Å²) in [4.78, 5) is 26.7. The maximum absolute atomic E-state index is 11.5. The molecule has 2 heterocycles. The van der Waals surface area contributed by atoms with E-state index < -0.39 is 24.0 Å². The Hall–Kier alpha value is -1.67. The highest BCUT2D eigenvalue weighted by molar-refractivity contribution is 7.13. The summed E-state index contributed by atoms with van der Waals surface area (Å²) in [7, 11) is 0. The van der Waals surface area contributed by atoms with Gasteiger partial charge in [-0.25, -0.2) is 4.98 Å². The number of hydrogen-bond donors (Lipinski definition) is 3. The number of carboxylic acid groups (broad SMARTS) is 1. The molecule has 8 heteroatoms. The van der Waals surface area contributed by atoms with E-state index in [-0.39, 0.29) is 12.5 Å². The van der Waals surface area contributed by atoms with Crippen LogP contribution in [0.15, 0.2) is 5.38 Å². The average molecular weight is 285 g/mol. The lowest BCUT2D eigenvalue weighted by atomic mass is 10.1. The molecule has 104 valence electrons. The van der Waals surface area contributed by atoms with E-state index in [4.69, 9.17) is 10.5 Å². The number of aliphatic carboxylic acids is 1. The first-order valence-electron chi connectivity index (χ1n) is 5.85. The van der Waals surface area contributed by atoms with Crippen molar-refractivity contribution in [2.75, 3.05) is 5.73 Å². The van der Waals surface area contributed by atoms with Crippen LogP contribution in [-0.2, 0) is 20.7 Å². The van der Waals surface area contributed by atoms with Crippen LogP contribution < -0.4 is 11.1 Å². The summed E-state index contributed by atoms with van der Waals surface area (Å²) in [5, 5.41) is 14.1. The van der Waals surface area contributed by atoms with Crippen LogP contribution >= 0.6 is 11.3 Å². The Balaban J connectivity index is 2.00. The summed E-state index contributed by atoms with van der Waals surface area (Å²) in [6.45, 7) is 1.77. The summed E-state index contributed by atoms with van der Waals surface area (Å²) < 4.78 is 4.98. The van der Waals surface area contributed by atoms with Crippen molar-refractivity contribution in [1.82, 2.24) is 10.3 Å². The van der Waals surface area contributed by atoms with E-state index in [2.05, 4.69) is 10.3 Å². The van der Waals surface area contributed by atoms with Gasteiger partial charge in [-0.15, -0.1) is 11.3 Å². The molecule has 0 amide bonds. The van der Waals surface area contributed by atoms with Gasteiger partial charge in [-0.3, -0.25) is 14.9 Å². The molecular formula is C11H15N3O4S. The molecule has 0 spiro atoms. The number of carboxylic acids is 1. The van der Waals surface area contributed by atoms with Crippen LogP contribution in [0, 0.1) is 0 Å². The first-order chi connectivity index (χ1) is 8.95. The number of nitrogens with zero attached hydrogens (tertiary/aromatic N) is 1. The molecule has 7 nitrogen and oxygen atoms in total. The van der Waals surface area contributed by atoms with Crippen LogP contribution in [0.2, 0.25) is 0 Å². The fourth-order valence-electron chi connectivity index (χ4n) is 1.98. The van der Waals surface area contributed by atoms with E-state index in [1.54, 1.807) is 12.3 Å².